The number of hydrogen-bond donors (Lipinski definition) is 1. The molecule has 6 aromatic carbocycles. The van der Waals surface area contributed by atoms with E-state index in [-0.39, 0.29) is 34.2 Å². The van der Waals surface area contributed by atoms with Gasteiger partial charge in [-0.15, -0.1) is 0 Å². The highest BCUT2D eigenvalue weighted by Crippen LogP contribution is 2.53. The lowest BCUT2D eigenvalue weighted by atomic mass is 9.73. The van der Waals surface area contributed by atoms with Crippen molar-refractivity contribution < 1.29 is 19.2 Å². The van der Waals surface area contributed by atoms with Crippen molar-refractivity contribution in [1.29, 1.82) is 0 Å². The molecule has 0 saturated heterocycles. The number of nitrogens with zero attached hydrogens (tertiary/aromatic N) is 3. The Morgan fingerprint density at radius 3 is 1.53 bits per heavy atom. The van der Waals surface area contributed by atoms with Crippen LogP contribution in [0.15, 0.2) is 168 Å². The lowest BCUT2D eigenvalue weighted by molar-refractivity contribution is -0.120. The molecule has 10 rings (SSSR count). The number of hydrogen-bond acceptors (Lipinski definition) is 6. The van der Waals surface area contributed by atoms with Crippen molar-refractivity contribution in [2.75, 3.05) is 20.0 Å². The molecule has 2 amide bonds. The SMILES string of the molecule is BrCc1ccccc1.CC(=O)N1c2ccccc2N(Cc2ccccc2)C2=C(C(=O)CC(C)(C)C2)C1c1ccc(Cl)cc1Cl.CC(=O)N1c2ccccc2NC2=C(C(=O)CC(C)(C)C2)C1c1ccc(Cl)cc1Cl. The van der Waals surface area contributed by atoms with Crippen molar-refractivity contribution in [1.82, 2.24) is 0 Å². The van der Waals surface area contributed by atoms with E-state index in [1.165, 1.54) is 19.4 Å². The summed E-state index contributed by atoms with van der Waals surface area (Å²) in [6, 6.07) is 45.1. The maximum atomic E-state index is 14.0. The smallest absolute Gasteiger partial charge is 0.224 e. The highest BCUT2D eigenvalue weighted by Gasteiger charge is 2.46. The van der Waals surface area contributed by atoms with E-state index in [0.717, 1.165) is 45.0 Å². The fourth-order valence-corrected chi connectivity index (χ4v) is 11.8. The molecule has 73 heavy (non-hydrogen) atoms. The summed E-state index contributed by atoms with van der Waals surface area (Å²) in [5.74, 6) is -0.264. The Balaban J connectivity index is 0.000000172. The molecule has 13 heteroatoms. The Morgan fingerprint density at radius 1 is 0.562 bits per heavy atom. The third kappa shape index (κ3) is 11.8. The first-order chi connectivity index (χ1) is 34.8. The largest absolute Gasteiger partial charge is 0.357 e. The van der Waals surface area contributed by atoms with Gasteiger partial charge in [0.2, 0.25) is 11.8 Å². The molecule has 0 radical (unpaired) electrons. The molecule has 0 saturated carbocycles. The van der Waals surface area contributed by atoms with Crippen molar-refractivity contribution >= 4 is 108 Å². The van der Waals surface area contributed by atoms with Crippen LogP contribution < -0.4 is 20.0 Å². The number of ketones is 2. The summed E-state index contributed by atoms with van der Waals surface area (Å²) >= 11 is 29.0. The van der Waals surface area contributed by atoms with Gasteiger partial charge in [-0.2, -0.15) is 0 Å². The van der Waals surface area contributed by atoms with E-state index in [2.05, 4.69) is 78.1 Å². The Morgan fingerprint density at radius 2 is 1.01 bits per heavy atom. The first kappa shape index (κ1) is 53.6. The number of fused-ring (bicyclic) bond motifs is 2. The molecule has 6 aromatic rings. The maximum Gasteiger partial charge on any atom is 0.224 e. The van der Waals surface area contributed by atoms with Crippen LogP contribution >= 0.6 is 62.3 Å². The molecule has 2 unspecified atom stereocenters. The minimum absolute atomic E-state index is 0.0267. The number of nitrogens with one attached hydrogen (secondary N) is 1. The molecule has 0 aromatic heterocycles. The lowest BCUT2D eigenvalue weighted by Gasteiger charge is -2.39. The van der Waals surface area contributed by atoms with E-state index in [0.29, 0.717) is 74.6 Å². The number of halogens is 5. The van der Waals surface area contributed by atoms with Gasteiger partial charge < -0.3 is 10.2 Å². The third-order valence-electron chi connectivity index (χ3n) is 13.5. The van der Waals surface area contributed by atoms with Crippen LogP contribution in [-0.4, -0.2) is 23.4 Å². The highest BCUT2D eigenvalue weighted by molar-refractivity contribution is 9.08. The van der Waals surface area contributed by atoms with Crippen molar-refractivity contribution in [3.05, 3.63) is 210 Å². The number of amides is 2. The van der Waals surface area contributed by atoms with E-state index >= 15 is 0 Å². The summed E-state index contributed by atoms with van der Waals surface area (Å²) < 4.78 is 0. The average molecular weight is 1120 g/mol. The number of alkyl halides is 1. The Hall–Kier alpha value is -5.68. The average Bonchev–Trinajstić information content (AvgIpc) is 3.55. The van der Waals surface area contributed by atoms with Gasteiger partial charge in [-0.3, -0.25) is 29.0 Å². The van der Waals surface area contributed by atoms with E-state index in [1.54, 1.807) is 40.1 Å². The topological polar surface area (TPSA) is 90.0 Å². The molecule has 1 N–H and O–H groups in total. The van der Waals surface area contributed by atoms with Crippen LogP contribution in [-0.2, 0) is 31.1 Å². The fraction of sp³-hybridized carbons (Fsp3) is 0.267. The number of carbonyl (C=O) groups excluding carboxylic acids is 4. The molecular formula is C60H57BrCl4N4O4. The van der Waals surface area contributed by atoms with Gasteiger partial charge in [0.05, 0.1) is 34.8 Å². The molecule has 0 fully saturated rings. The zero-order valence-electron chi connectivity index (χ0n) is 41.6. The van der Waals surface area contributed by atoms with Gasteiger partial charge in [-0.1, -0.05) is 187 Å². The summed E-state index contributed by atoms with van der Waals surface area (Å²) in [5.41, 5.74) is 9.59. The number of allylic oxidation sites excluding steroid dienone is 2. The molecule has 2 atom stereocenters. The summed E-state index contributed by atoms with van der Waals surface area (Å²) in [5, 5.41) is 6.28. The molecule has 2 aliphatic carbocycles. The molecule has 376 valence electrons. The quantitative estimate of drug-likeness (QED) is 0.173. The highest BCUT2D eigenvalue weighted by atomic mass is 79.9. The van der Waals surface area contributed by atoms with Crippen LogP contribution in [0.3, 0.4) is 0 Å². The van der Waals surface area contributed by atoms with Gasteiger partial charge in [0.15, 0.2) is 11.6 Å². The molecule has 0 bridgehead atoms. The number of benzene rings is 6. The van der Waals surface area contributed by atoms with E-state index in [1.807, 2.05) is 91.0 Å². The second-order valence-corrected chi connectivity index (χ2v) is 22.6. The number of carbonyl (C=O) groups is 4. The van der Waals surface area contributed by atoms with Crippen LogP contribution in [0.2, 0.25) is 20.1 Å². The normalized spacial score (nSPS) is 18.5. The lowest BCUT2D eigenvalue weighted by Crippen LogP contribution is -2.39. The summed E-state index contributed by atoms with van der Waals surface area (Å²) in [6.45, 7) is 12.0. The molecule has 0 spiro atoms. The molecule has 8 nitrogen and oxygen atoms in total. The van der Waals surface area contributed by atoms with Crippen molar-refractivity contribution in [3.8, 4) is 0 Å². The minimum atomic E-state index is -0.659. The molecule has 2 aliphatic heterocycles. The zero-order valence-corrected chi connectivity index (χ0v) is 46.2. The van der Waals surface area contributed by atoms with Gasteiger partial charge >= 0.3 is 0 Å². The van der Waals surface area contributed by atoms with Crippen molar-refractivity contribution in [3.63, 3.8) is 0 Å². The number of rotatable bonds is 5. The second kappa shape index (κ2) is 22.4. The maximum absolute atomic E-state index is 14.0. The summed E-state index contributed by atoms with van der Waals surface area (Å²) in [6.07, 6.45) is 2.21. The van der Waals surface area contributed by atoms with Gasteiger partial charge in [-0.05, 0) is 94.5 Å². The van der Waals surface area contributed by atoms with Gasteiger partial charge in [0.1, 0.15) is 0 Å². The van der Waals surface area contributed by atoms with Gasteiger partial charge in [0, 0.05) is 81.2 Å². The van der Waals surface area contributed by atoms with Gasteiger partial charge in [0.25, 0.3) is 0 Å². The monoisotopic (exact) mass is 1120 g/mol. The van der Waals surface area contributed by atoms with Crippen LogP contribution in [0, 0.1) is 10.8 Å². The van der Waals surface area contributed by atoms with E-state index in [4.69, 9.17) is 46.4 Å². The number of anilines is 4. The fourth-order valence-electron chi connectivity index (χ4n) is 10.4. The minimum Gasteiger partial charge on any atom is -0.357 e. The molecular weight excluding hydrogens is 1060 g/mol. The summed E-state index contributed by atoms with van der Waals surface area (Å²) in [4.78, 5) is 59.2. The van der Waals surface area contributed by atoms with Crippen LogP contribution in [0.25, 0.3) is 0 Å². The van der Waals surface area contributed by atoms with Crippen LogP contribution in [0.5, 0.6) is 0 Å². The van der Waals surface area contributed by atoms with Gasteiger partial charge in [-0.25, -0.2) is 0 Å². The Labute approximate surface area is 457 Å². The first-order valence-electron chi connectivity index (χ1n) is 24.2. The van der Waals surface area contributed by atoms with E-state index < -0.39 is 12.1 Å². The standard InChI is InChI=1S/C30H28Cl2N2O2.C23H22Cl2N2O2.C7H7Br/c1-19(35)34-25-12-8-7-11-24(25)33(18-20-9-5-4-6-10-20)26-16-30(2,3)17-27(36)28(26)29(34)22-14-13-21(31)15-23(22)32;1-13(28)27-19-7-5-4-6-17(19)26-18-11-23(2,3)12-20(29)21(18)22(27)15-9-8-14(24)10-16(15)25;8-6-7-4-2-1-3-5-7/h4-15,29H,16-18H2,1-3H3;4-10,22,26H,11-12H2,1-3H3;1-5H,6H2. The van der Waals surface area contributed by atoms with Crippen molar-refractivity contribution in [2.24, 2.45) is 10.8 Å². The Kier molecular flexibility index (Phi) is 16.5. The first-order valence-corrected chi connectivity index (χ1v) is 26.8. The third-order valence-corrected chi connectivity index (χ3v) is 15.2. The van der Waals surface area contributed by atoms with Crippen LogP contribution in [0.1, 0.15) is 102 Å². The number of Topliss-reactive ketones (excluding diaryl/α,β-unsaturated/α-hetero) is 2. The van der Waals surface area contributed by atoms with Crippen LogP contribution in [0.4, 0.5) is 22.7 Å². The Bertz CT molecular complexity index is 3160. The summed E-state index contributed by atoms with van der Waals surface area (Å²) in [7, 11) is 0. The molecule has 2 heterocycles. The van der Waals surface area contributed by atoms with Crippen molar-refractivity contribution in [2.45, 2.75) is 91.2 Å². The predicted molar refractivity (Wildman–Crippen MR) is 303 cm³/mol. The number of para-hydroxylation sites is 4. The van der Waals surface area contributed by atoms with E-state index in [9.17, 15) is 19.2 Å². The predicted octanol–water partition coefficient (Wildman–Crippen LogP) is 16.5. The second-order valence-electron chi connectivity index (χ2n) is 20.4. The zero-order chi connectivity index (χ0) is 52.4. The molecule has 4 aliphatic rings.